The molecule has 0 aliphatic heterocycles. The Morgan fingerprint density at radius 1 is 1.47 bits per heavy atom. The van der Waals surface area contributed by atoms with Crippen LogP contribution in [-0.4, -0.2) is 27.4 Å². The fourth-order valence-electron chi connectivity index (χ4n) is 0.759. The average Bonchev–Trinajstić information content (AvgIpc) is 2.07. The molecule has 1 aromatic heterocycles. The zero-order valence-electron chi connectivity index (χ0n) is 7.54. The fraction of sp³-hybridized carbons (Fsp3) is 0.400. The van der Waals surface area contributed by atoms with E-state index in [9.17, 15) is 22.5 Å². The Morgan fingerprint density at radius 3 is 2.60 bits per heavy atom. The molecule has 1 N–H and O–H groups in total. The largest absolute Gasteiger partial charge is 0.488 e. The lowest BCUT2D eigenvalue weighted by atomic mass is 9.98. The monoisotopic (exact) mass is 240 g/mol. The van der Waals surface area contributed by atoms with Crippen molar-refractivity contribution in [2.24, 2.45) is 7.05 Å². The smallest absolute Gasteiger partial charge is 0.448 e. The summed E-state index contributed by atoms with van der Waals surface area (Å²) < 4.78 is 36.7. The van der Waals surface area contributed by atoms with Crippen LogP contribution >= 0.6 is 11.8 Å². The van der Waals surface area contributed by atoms with Crippen molar-refractivity contribution in [2.45, 2.75) is 5.16 Å². The molecule has 1 rings (SSSR count). The van der Waals surface area contributed by atoms with Crippen LogP contribution in [0.25, 0.3) is 0 Å². The van der Waals surface area contributed by atoms with Gasteiger partial charge >= 0.3 is 18.1 Å². The zero-order chi connectivity index (χ0) is 11.6. The molecular formula is C5H6BF3N3O2S-. The van der Waals surface area contributed by atoms with E-state index < -0.39 is 23.7 Å². The molecule has 0 aromatic carbocycles. The first-order chi connectivity index (χ1) is 6.79. The Labute approximate surface area is 85.7 Å². The lowest BCUT2D eigenvalue weighted by Crippen LogP contribution is -2.34. The molecular weight excluding hydrogens is 234 g/mol. The molecule has 0 aliphatic carbocycles. The zero-order valence-corrected chi connectivity index (χ0v) is 8.35. The number of aryl methyl sites for hydroxylation is 1. The number of aromatic nitrogens is 3. The van der Waals surface area contributed by atoms with Crippen molar-refractivity contribution in [3.8, 4) is 0 Å². The number of rotatable bonds is 3. The molecule has 0 fully saturated rings. The van der Waals surface area contributed by atoms with Gasteiger partial charge in [0.15, 0.2) is 5.16 Å². The van der Waals surface area contributed by atoms with Crippen molar-refractivity contribution in [3.05, 3.63) is 20.7 Å². The van der Waals surface area contributed by atoms with E-state index in [4.69, 9.17) is 0 Å². The highest BCUT2D eigenvalue weighted by Crippen LogP contribution is 2.20. The third-order valence-corrected chi connectivity index (χ3v) is 2.52. The predicted molar refractivity (Wildman–Crippen MR) is 49.9 cm³/mol. The summed E-state index contributed by atoms with van der Waals surface area (Å²) >= 11 is 0.361. The first-order valence-corrected chi connectivity index (χ1v) is 4.79. The third kappa shape index (κ3) is 3.46. The number of hydrogen-bond donors (Lipinski definition) is 1. The van der Waals surface area contributed by atoms with Crippen LogP contribution in [0.4, 0.5) is 12.9 Å². The van der Waals surface area contributed by atoms with Gasteiger partial charge in [0, 0.05) is 7.05 Å². The molecule has 0 saturated carbocycles. The van der Waals surface area contributed by atoms with E-state index in [-0.39, 0.29) is 5.16 Å². The Kier molecular flexibility index (Phi) is 3.27. The van der Waals surface area contributed by atoms with Gasteiger partial charge in [-0.25, -0.2) is 0 Å². The normalized spacial score (nSPS) is 11.7. The van der Waals surface area contributed by atoms with Crippen LogP contribution < -0.4 is 11.1 Å². The van der Waals surface area contributed by atoms with Crippen molar-refractivity contribution < 1.29 is 12.9 Å². The van der Waals surface area contributed by atoms with E-state index in [0.717, 1.165) is 4.68 Å². The van der Waals surface area contributed by atoms with E-state index in [0.29, 0.717) is 11.8 Å². The number of hydrogen-bond acceptors (Lipinski definition) is 4. The van der Waals surface area contributed by atoms with Gasteiger partial charge < -0.3 is 12.9 Å². The molecule has 0 amide bonds. The molecule has 0 atom stereocenters. The molecule has 1 aromatic rings. The number of halogens is 3. The number of aromatic amines is 1. The molecule has 0 unspecified atom stereocenters. The standard InChI is InChI=1S/C5H6BF3N3O2S/c1-12-5(15-2-6(7,8)9)10-3(13)4(14)11-12/h2H2,1H3,(H,11,14)/q-1. The maximum atomic E-state index is 11.9. The van der Waals surface area contributed by atoms with Gasteiger partial charge in [-0.1, -0.05) is 0 Å². The van der Waals surface area contributed by atoms with Gasteiger partial charge in [0.1, 0.15) is 0 Å². The van der Waals surface area contributed by atoms with Crippen LogP contribution in [-0.2, 0) is 7.05 Å². The van der Waals surface area contributed by atoms with Crippen LogP contribution in [0.1, 0.15) is 0 Å². The van der Waals surface area contributed by atoms with Gasteiger partial charge in [0.2, 0.25) is 0 Å². The first kappa shape index (κ1) is 11.9. The number of H-pyrrole nitrogens is 1. The van der Waals surface area contributed by atoms with Crippen molar-refractivity contribution in [1.82, 2.24) is 14.8 Å². The molecule has 0 radical (unpaired) electrons. The van der Waals surface area contributed by atoms with E-state index in [1.54, 1.807) is 0 Å². The maximum Gasteiger partial charge on any atom is 0.488 e. The van der Waals surface area contributed by atoms with E-state index >= 15 is 0 Å². The highest BCUT2D eigenvalue weighted by atomic mass is 32.2. The van der Waals surface area contributed by atoms with Crippen LogP contribution in [0.3, 0.4) is 0 Å². The molecule has 0 saturated heterocycles. The lowest BCUT2D eigenvalue weighted by molar-refractivity contribution is 0.485. The van der Waals surface area contributed by atoms with Gasteiger partial charge in [-0.3, -0.25) is 19.4 Å². The second kappa shape index (κ2) is 4.13. The fourth-order valence-corrected chi connectivity index (χ4v) is 1.48. The minimum absolute atomic E-state index is 0.168. The van der Waals surface area contributed by atoms with E-state index in [1.165, 1.54) is 7.05 Å². The Bertz CT molecular complexity index is 468. The van der Waals surface area contributed by atoms with Gasteiger partial charge in [-0.2, -0.15) is 4.98 Å². The second-order valence-corrected chi connectivity index (χ2v) is 3.71. The van der Waals surface area contributed by atoms with Crippen LogP contribution in [0, 0.1) is 0 Å². The molecule has 0 aliphatic rings. The van der Waals surface area contributed by atoms with Crippen molar-refractivity contribution in [1.29, 1.82) is 0 Å². The number of nitrogens with zero attached hydrogens (tertiary/aromatic N) is 2. The van der Waals surface area contributed by atoms with Crippen molar-refractivity contribution in [2.75, 3.05) is 5.65 Å². The molecule has 1 heterocycles. The SMILES string of the molecule is Cn1[nH]c(=O)c(=O)nc1SC[B-](F)(F)F. The molecule has 15 heavy (non-hydrogen) atoms. The van der Waals surface area contributed by atoms with Gasteiger partial charge in [0.05, 0.1) is 0 Å². The molecule has 84 valence electrons. The summed E-state index contributed by atoms with van der Waals surface area (Å²) in [6.07, 6.45) is 0. The summed E-state index contributed by atoms with van der Waals surface area (Å²) in [5, 5.41) is 1.88. The quantitative estimate of drug-likeness (QED) is 0.456. The minimum Gasteiger partial charge on any atom is -0.448 e. The Balaban J connectivity index is 2.92. The van der Waals surface area contributed by atoms with Crippen LogP contribution in [0.2, 0.25) is 0 Å². The van der Waals surface area contributed by atoms with Crippen molar-refractivity contribution in [3.63, 3.8) is 0 Å². The third-order valence-electron chi connectivity index (χ3n) is 1.35. The average molecular weight is 240 g/mol. The topological polar surface area (TPSA) is 67.8 Å². The Hall–Kier alpha value is -1.19. The van der Waals surface area contributed by atoms with Crippen LogP contribution in [0.5, 0.6) is 0 Å². The predicted octanol–water partition coefficient (Wildman–Crippen LogP) is -0.0527. The number of thioether (sulfide) groups is 1. The molecule has 10 heteroatoms. The maximum absolute atomic E-state index is 11.9. The first-order valence-electron chi connectivity index (χ1n) is 3.81. The number of nitrogens with one attached hydrogen (secondary N) is 1. The van der Waals surface area contributed by atoms with Gasteiger partial charge in [-0.15, -0.1) is 11.8 Å². The summed E-state index contributed by atoms with van der Waals surface area (Å²) in [6, 6.07) is 0. The summed E-state index contributed by atoms with van der Waals surface area (Å²) in [5.74, 6) is 0. The van der Waals surface area contributed by atoms with E-state index in [2.05, 4.69) is 4.98 Å². The molecule has 5 nitrogen and oxygen atoms in total. The summed E-state index contributed by atoms with van der Waals surface area (Å²) in [6.45, 7) is -4.95. The Morgan fingerprint density at radius 2 is 2.07 bits per heavy atom. The van der Waals surface area contributed by atoms with Crippen LogP contribution in [0.15, 0.2) is 14.7 Å². The summed E-state index contributed by atoms with van der Waals surface area (Å²) in [7, 11) is 1.31. The molecule has 0 bridgehead atoms. The lowest BCUT2D eigenvalue weighted by Gasteiger charge is -2.13. The van der Waals surface area contributed by atoms with Gasteiger partial charge in [-0.05, 0) is 5.65 Å². The minimum atomic E-state index is -4.95. The highest BCUT2D eigenvalue weighted by Gasteiger charge is 2.23. The second-order valence-electron chi connectivity index (χ2n) is 2.72. The van der Waals surface area contributed by atoms with Crippen molar-refractivity contribution >= 4 is 18.7 Å². The van der Waals surface area contributed by atoms with E-state index in [1.807, 2.05) is 5.10 Å². The summed E-state index contributed by atoms with van der Waals surface area (Å²) in [5.41, 5.74) is -3.16. The molecule has 0 spiro atoms. The highest BCUT2D eigenvalue weighted by molar-refractivity contribution is 8.00. The van der Waals surface area contributed by atoms with Gasteiger partial charge in [0.25, 0.3) is 0 Å². The summed E-state index contributed by atoms with van der Waals surface area (Å²) in [4.78, 5) is 24.7.